The normalized spacial score (nSPS) is 14.2. The summed E-state index contributed by atoms with van der Waals surface area (Å²) in [6.07, 6.45) is 6.83. The molecular weight excluding hydrogens is 352 g/mol. The molecule has 0 spiro atoms. The summed E-state index contributed by atoms with van der Waals surface area (Å²) in [5, 5.41) is 2.10. The van der Waals surface area contributed by atoms with Gasteiger partial charge in [0.25, 0.3) is 0 Å². The van der Waals surface area contributed by atoms with Crippen LogP contribution in [0.3, 0.4) is 0 Å². The summed E-state index contributed by atoms with van der Waals surface area (Å²) in [5.41, 5.74) is 6.26. The van der Waals surface area contributed by atoms with Crippen molar-refractivity contribution < 1.29 is 13.6 Å². The number of hydrogen-bond acceptors (Lipinski definition) is 4. The molecule has 2 heterocycles. The van der Waals surface area contributed by atoms with Crippen molar-refractivity contribution in [2.24, 2.45) is 0 Å². The summed E-state index contributed by atoms with van der Waals surface area (Å²) in [4.78, 5) is 12.6. The Morgan fingerprint density at radius 2 is 1.68 bits per heavy atom. The van der Waals surface area contributed by atoms with Gasteiger partial charge in [-0.05, 0) is 61.9 Å². The van der Waals surface area contributed by atoms with Crippen LogP contribution in [0.4, 0.5) is 0 Å². The summed E-state index contributed by atoms with van der Waals surface area (Å²) in [6.45, 7) is 1.97. The van der Waals surface area contributed by atoms with E-state index >= 15 is 0 Å². The van der Waals surface area contributed by atoms with Crippen molar-refractivity contribution in [2.75, 3.05) is 7.11 Å². The third kappa shape index (κ3) is 2.55. The van der Waals surface area contributed by atoms with Crippen molar-refractivity contribution in [1.82, 2.24) is 0 Å². The number of fused-ring (bicyclic) bond motifs is 4. The third-order valence-electron chi connectivity index (χ3n) is 5.93. The Bertz CT molecular complexity index is 1240. The van der Waals surface area contributed by atoms with Crippen LogP contribution in [0, 0.1) is 6.92 Å². The molecule has 2 aromatic heterocycles. The fourth-order valence-electron chi connectivity index (χ4n) is 4.42. The van der Waals surface area contributed by atoms with Crippen LogP contribution in [0.1, 0.15) is 36.0 Å². The van der Waals surface area contributed by atoms with Gasteiger partial charge in [-0.25, -0.2) is 4.79 Å². The van der Waals surface area contributed by atoms with Gasteiger partial charge in [0.1, 0.15) is 16.9 Å². The molecule has 142 valence electrons. The average Bonchev–Trinajstić information content (AvgIpc) is 2.97. The van der Waals surface area contributed by atoms with Crippen LogP contribution in [0.2, 0.25) is 0 Å². The van der Waals surface area contributed by atoms with Gasteiger partial charge in [0.05, 0.1) is 13.4 Å². The lowest BCUT2D eigenvalue weighted by Crippen LogP contribution is -2.11. The monoisotopic (exact) mass is 374 g/mol. The number of ether oxygens (including phenoxy) is 1. The molecule has 5 rings (SSSR count). The van der Waals surface area contributed by atoms with Crippen molar-refractivity contribution in [2.45, 2.75) is 39.0 Å². The minimum absolute atomic E-state index is 0.186. The topological polar surface area (TPSA) is 52.6 Å². The SMILES string of the molecule is COc1ccc(-c2coc3c(C)c4oc(=O)c5c(c4cc23)CCCCC5)cc1. The van der Waals surface area contributed by atoms with E-state index < -0.39 is 0 Å². The molecule has 4 nitrogen and oxygen atoms in total. The van der Waals surface area contributed by atoms with Crippen LogP contribution in [0.25, 0.3) is 33.1 Å². The van der Waals surface area contributed by atoms with Crippen molar-refractivity contribution in [3.63, 3.8) is 0 Å². The Labute approximate surface area is 162 Å². The van der Waals surface area contributed by atoms with Gasteiger partial charge in [0.2, 0.25) is 0 Å². The fourth-order valence-corrected chi connectivity index (χ4v) is 4.42. The highest BCUT2D eigenvalue weighted by Crippen LogP contribution is 2.38. The van der Waals surface area contributed by atoms with Crippen molar-refractivity contribution >= 4 is 21.9 Å². The van der Waals surface area contributed by atoms with E-state index in [1.807, 2.05) is 31.2 Å². The van der Waals surface area contributed by atoms with Crippen LogP contribution in [0.15, 0.2) is 50.2 Å². The first-order valence-corrected chi connectivity index (χ1v) is 9.81. The maximum atomic E-state index is 12.6. The Morgan fingerprint density at radius 3 is 2.43 bits per heavy atom. The molecule has 0 atom stereocenters. The van der Waals surface area contributed by atoms with Crippen molar-refractivity contribution in [3.8, 4) is 16.9 Å². The van der Waals surface area contributed by atoms with E-state index in [1.54, 1.807) is 13.4 Å². The number of hydrogen-bond donors (Lipinski definition) is 0. The lowest BCUT2D eigenvalue weighted by molar-refractivity contribution is 0.415. The highest BCUT2D eigenvalue weighted by Gasteiger charge is 2.21. The number of methoxy groups -OCH3 is 1. The summed E-state index contributed by atoms with van der Waals surface area (Å²) in [6, 6.07) is 10.1. The van der Waals surface area contributed by atoms with E-state index in [2.05, 4.69) is 6.07 Å². The fraction of sp³-hybridized carbons (Fsp3) is 0.292. The standard InChI is InChI=1S/C24H22O4/c1-14-22-20(21(13-27-22)15-8-10-16(26-2)11-9-15)12-19-17-6-4-3-5-7-18(17)24(25)28-23(14)19/h8-13H,3-7H2,1-2H3. The Morgan fingerprint density at radius 1 is 0.929 bits per heavy atom. The van der Waals surface area contributed by atoms with Crippen LogP contribution >= 0.6 is 0 Å². The second-order valence-corrected chi connectivity index (χ2v) is 7.54. The zero-order valence-electron chi connectivity index (χ0n) is 16.1. The first-order chi connectivity index (χ1) is 13.7. The number of aryl methyl sites for hydroxylation is 2. The first kappa shape index (κ1) is 17.1. The Balaban J connectivity index is 1.81. The molecule has 1 aliphatic carbocycles. The van der Waals surface area contributed by atoms with E-state index in [1.165, 1.54) is 0 Å². The quantitative estimate of drug-likeness (QED) is 0.329. The lowest BCUT2D eigenvalue weighted by Gasteiger charge is -2.11. The number of rotatable bonds is 2. The molecule has 1 aliphatic rings. The van der Waals surface area contributed by atoms with Gasteiger partial charge in [-0.15, -0.1) is 0 Å². The van der Waals surface area contributed by atoms with Crippen molar-refractivity contribution in [3.05, 3.63) is 63.7 Å². The highest BCUT2D eigenvalue weighted by atomic mass is 16.5. The Kier molecular flexibility index (Phi) is 4.00. The second-order valence-electron chi connectivity index (χ2n) is 7.54. The molecule has 0 saturated carbocycles. The molecule has 2 aromatic carbocycles. The summed E-state index contributed by atoms with van der Waals surface area (Å²) in [7, 11) is 1.66. The number of benzene rings is 2. The molecule has 0 amide bonds. The van der Waals surface area contributed by atoms with E-state index in [9.17, 15) is 4.79 Å². The molecule has 4 aromatic rings. The molecule has 28 heavy (non-hydrogen) atoms. The van der Waals surface area contributed by atoms with Gasteiger partial charge in [0, 0.05) is 27.5 Å². The van der Waals surface area contributed by atoms with Crippen molar-refractivity contribution in [1.29, 1.82) is 0 Å². The number of furan rings is 1. The molecule has 0 unspecified atom stereocenters. The maximum absolute atomic E-state index is 12.6. The maximum Gasteiger partial charge on any atom is 0.339 e. The van der Waals surface area contributed by atoms with Crippen LogP contribution in [-0.2, 0) is 12.8 Å². The third-order valence-corrected chi connectivity index (χ3v) is 5.93. The summed E-state index contributed by atoms with van der Waals surface area (Å²) < 4.78 is 17.0. The zero-order valence-corrected chi connectivity index (χ0v) is 16.1. The molecule has 0 saturated heterocycles. The molecule has 0 aliphatic heterocycles. The van der Waals surface area contributed by atoms with Crippen LogP contribution < -0.4 is 10.4 Å². The average molecular weight is 374 g/mol. The van der Waals surface area contributed by atoms with Gasteiger partial charge in [-0.3, -0.25) is 0 Å². The van der Waals surface area contributed by atoms with Crippen LogP contribution in [0.5, 0.6) is 5.75 Å². The van der Waals surface area contributed by atoms with Gasteiger partial charge < -0.3 is 13.6 Å². The second kappa shape index (κ2) is 6.55. The molecule has 0 radical (unpaired) electrons. The largest absolute Gasteiger partial charge is 0.497 e. The van der Waals surface area contributed by atoms with E-state index in [-0.39, 0.29) is 5.63 Å². The molecular formula is C24H22O4. The lowest BCUT2D eigenvalue weighted by atomic mass is 9.95. The van der Waals surface area contributed by atoms with E-state index in [4.69, 9.17) is 13.6 Å². The summed E-state index contributed by atoms with van der Waals surface area (Å²) >= 11 is 0. The molecule has 0 bridgehead atoms. The van der Waals surface area contributed by atoms with Gasteiger partial charge in [-0.2, -0.15) is 0 Å². The van der Waals surface area contributed by atoms with Gasteiger partial charge in [-0.1, -0.05) is 18.6 Å². The predicted octanol–water partition coefficient (Wildman–Crippen LogP) is 5.79. The molecule has 0 N–H and O–H groups in total. The molecule has 4 heteroatoms. The first-order valence-electron chi connectivity index (χ1n) is 9.81. The predicted molar refractivity (Wildman–Crippen MR) is 110 cm³/mol. The zero-order chi connectivity index (χ0) is 19.3. The van der Waals surface area contributed by atoms with E-state index in [0.29, 0.717) is 5.58 Å². The summed E-state index contributed by atoms with van der Waals surface area (Å²) in [5.74, 6) is 0.824. The Hall–Kier alpha value is -3.01. The van der Waals surface area contributed by atoms with E-state index in [0.717, 1.165) is 82.0 Å². The smallest absolute Gasteiger partial charge is 0.339 e. The minimum atomic E-state index is -0.186. The van der Waals surface area contributed by atoms with Gasteiger partial charge >= 0.3 is 5.63 Å². The minimum Gasteiger partial charge on any atom is -0.497 e. The van der Waals surface area contributed by atoms with Crippen LogP contribution in [-0.4, -0.2) is 7.11 Å². The molecule has 0 fully saturated rings. The van der Waals surface area contributed by atoms with Gasteiger partial charge in [0.15, 0.2) is 0 Å². The highest BCUT2D eigenvalue weighted by molar-refractivity contribution is 6.05.